The van der Waals surface area contributed by atoms with Crippen LogP contribution in [0.5, 0.6) is 0 Å². The second-order valence-corrected chi connectivity index (χ2v) is 2.86. The van der Waals surface area contributed by atoms with Crippen LogP contribution >= 0.6 is 0 Å². The van der Waals surface area contributed by atoms with Gasteiger partial charge in [-0.1, -0.05) is 0 Å². The SMILES string of the molecule is Nc1cncnc1N(CCO)CC(F)F. The molecular weight excluding hydrogens is 206 g/mol. The average molecular weight is 218 g/mol. The molecule has 3 N–H and O–H groups in total. The van der Waals surface area contributed by atoms with Gasteiger partial charge in [0.2, 0.25) is 0 Å². The van der Waals surface area contributed by atoms with E-state index in [1.165, 1.54) is 17.4 Å². The minimum atomic E-state index is -2.51. The van der Waals surface area contributed by atoms with Crippen LogP contribution in [0.15, 0.2) is 12.5 Å². The van der Waals surface area contributed by atoms with Crippen LogP contribution in [-0.4, -0.2) is 41.2 Å². The van der Waals surface area contributed by atoms with E-state index < -0.39 is 13.0 Å². The summed E-state index contributed by atoms with van der Waals surface area (Å²) in [6, 6.07) is 0. The second-order valence-electron chi connectivity index (χ2n) is 2.86. The highest BCUT2D eigenvalue weighted by Gasteiger charge is 2.15. The first-order chi connectivity index (χ1) is 7.15. The van der Waals surface area contributed by atoms with E-state index in [9.17, 15) is 8.78 Å². The van der Waals surface area contributed by atoms with Crippen LogP contribution in [0.3, 0.4) is 0 Å². The standard InChI is InChI=1S/C8H12F2N4O/c9-7(10)4-14(1-2-15)8-6(11)3-12-5-13-8/h3,5,7,15H,1-2,4,11H2. The third-order valence-corrected chi connectivity index (χ3v) is 1.75. The Balaban J connectivity index is 2.83. The smallest absolute Gasteiger partial charge is 0.255 e. The number of aliphatic hydroxyl groups excluding tert-OH is 1. The first kappa shape index (κ1) is 11.6. The number of aromatic nitrogens is 2. The number of nitrogens with zero attached hydrogens (tertiary/aromatic N) is 3. The molecular formula is C8H12F2N4O. The zero-order valence-corrected chi connectivity index (χ0v) is 7.98. The normalized spacial score (nSPS) is 10.7. The zero-order valence-electron chi connectivity index (χ0n) is 7.98. The average Bonchev–Trinajstić information content (AvgIpc) is 2.17. The molecule has 0 aliphatic rings. The summed E-state index contributed by atoms with van der Waals surface area (Å²) in [7, 11) is 0. The summed E-state index contributed by atoms with van der Waals surface area (Å²) in [5, 5.41) is 8.73. The molecule has 7 heteroatoms. The molecule has 0 bridgehead atoms. The number of alkyl halides is 2. The molecule has 0 saturated heterocycles. The predicted octanol–water partition coefficient (Wildman–Crippen LogP) is 0.123. The summed E-state index contributed by atoms with van der Waals surface area (Å²) >= 11 is 0. The van der Waals surface area contributed by atoms with Crippen molar-refractivity contribution in [2.45, 2.75) is 6.43 Å². The van der Waals surface area contributed by atoms with Gasteiger partial charge in [-0.15, -0.1) is 0 Å². The number of hydrogen-bond acceptors (Lipinski definition) is 5. The summed E-state index contributed by atoms with van der Waals surface area (Å²) < 4.78 is 24.4. The number of anilines is 2. The molecule has 84 valence electrons. The largest absolute Gasteiger partial charge is 0.395 e. The van der Waals surface area contributed by atoms with Crippen molar-refractivity contribution in [3.05, 3.63) is 12.5 Å². The lowest BCUT2D eigenvalue weighted by atomic mass is 10.4. The van der Waals surface area contributed by atoms with Crippen LogP contribution in [0.1, 0.15) is 0 Å². The summed E-state index contributed by atoms with van der Waals surface area (Å²) in [6.45, 7) is -0.691. The Bertz CT molecular complexity index is 310. The van der Waals surface area contributed by atoms with Gasteiger partial charge in [0.05, 0.1) is 25.0 Å². The lowest BCUT2D eigenvalue weighted by Crippen LogP contribution is -2.32. The molecule has 0 radical (unpaired) electrons. The van der Waals surface area contributed by atoms with Gasteiger partial charge in [0.1, 0.15) is 6.33 Å². The van der Waals surface area contributed by atoms with E-state index in [2.05, 4.69) is 9.97 Å². The van der Waals surface area contributed by atoms with E-state index in [0.29, 0.717) is 0 Å². The number of hydrogen-bond donors (Lipinski definition) is 2. The van der Waals surface area contributed by atoms with E-state index in [1.807, 2.05) is 0 Å². The topological polar surface area (TPSA) is 75.3 Å². The van der Waals surface area contributed by atoms with Crippen molar-refractivity contribution < 1.29 is 13.9 Å². The zero-order chi connectivity index (χ0) is 11.3. The maximum Gasteiger partial charge on any atom is 0.255 e. The van der Waals surface area contributed by atoms with Gasteiger partial charge >= 0.3 is 0 Å². The van der Waals surface area contributed by atoms with Crippen molar-refractivity contribution in [1.29, 1.82) is 0 Å². The fourth-order valence-electron chi connectivity index (χ4n) is 1.17. The van der Waals surface area contributed by atoms with Gasteiger partial charge in [-0.25, -0.2) is 18.7 Å². The molecule has 0 spiro atoms. The maximum atomic E-state index is 12.2. The molecule has 1 heterocycles. The van der Waals surface area contributed by atoms with Gasteiger partial charge in [0.15, 0.2) is 5.82 Å². The third kappa shape index (κ3) is 3.28. The summed E-state index contributed by atoms with van der Waals surface area (Å²) in [5.74, 6) is 0.222. The predicted molar refractivity (Wildman–Crippen MR) is 51.7 cm³/mol. The van der Waals surface area contributed by atoms with Crippen LogP contribution in [0.2, 0.25) is 0 Å². The molecule has 1 aromatic heterocycles. The fraction of sp³-hybridized carbons (Fsp3) is 0.500. The van der Waals surface area contributed by atoms with Crippen molar-refractivity contribution in [2.75, 3.05) is 30.3 Å². The molecule has 0 aromatic carbocycles. The number of rotatable bonds is 5. The van der Waals surface area contributed by atoms with Gasteiger partial charge in [-0.2, -0.15) is 0 Å². The minimum Gasteiger partial charge on any atom is -0.395 e. The second kappa shape index (κ2) is 5.40. The molecule has 1 aromatic rings. The molecule has 5 nitrogen and oxygen atoms in total. The van der Waals surface area contributed by atoms with Crippen LogP contribution in [0.25, 0.3) is 0 Å². The van der Waals surface area contributed by atoms with E-state index in [1.54, 1.807) is 0 Å². The molecule has 1 rings (SSSR count). The van der Waals surface area contributed by atoms with Crippen molar-refractivity contribution in [1.82, 2.24) is 9.97 Å². The summed E-state index contributed by atoms with van der Waals surface area (Å²) in [4.78, 5) is 8.67. The molecule has 15 heavy (non-hydrogen) atoms. The number of halogens is 2. The number of nitrogen functional groups attached to an aromatic ring is 1. The van der Waals surface area contributed by atoms with E-state index in [-0.39, 0.29) is 24.7 Å². The van der Waals surface area contributed by atoms with Gasteiger partial charge < -0.3 is 15.7 Å². The van der Waals surface area contributed by atoms with E-state index in [0.717, 1.165) is 0 Å². The Morgan fingerprint density at radius 3 is 2.80 bits per heavy atom. The molecule has 0 aliphatic heterocycles. The van der Waals surface area contributed by atoms with Crippen LogP contribution in [-0.2, 0) is 0 Å². The Morgan fingerprint density at radius 1 is 1.53 bits per heavy atom. The van der Waals surface area contributed by atoms with Crippen LogP contribution in [0.4, 0.5) is 20.3 Å². The highest BCUT2D eigenvalue weighted by molar-refractivity contribution is 5.60. The Hall–Kier alpha value is -1.50. The first-order valence-electron chi connectivity index (χ1n) is 4.34. The minimum absolute atomic E-state index is 0.0611. The highest BCUT2D eigenvalue weighted by atomic mass is 19.3. The highest BCUT2D eigenvalue weighted by Crippen LogP contribution is 2.18. The van der Waals surface area contributed by atoms with E-state index >= 15 is 0 Å². The molecule has 0 unspecified atom stereocenters. The molecule has 0 amide bonds. The summed E-state index contributed by atoms with van der Waals surface area (Å²) in [5.41, 5.74) is 5.75. The van der Waals surface area contributed by atoms with Gasteiger partial charge in [-0.3, -0.25) is 0 Å². The van der Waals surface area contributed by atoms with Crippen LogP contribution < -0.4 is 10.6 Å². The molecule has 0 fully saturated rings. The number of nitrogens with two attached hydrogens (primary N) is 1. The fourth-order valence-corrected chi connectivity index (χ4v) is 1.17. The Kier molecular flexibility index (Phi) is 4.17. The Labute approximate surface area is 85.6 Å². The molecule has 0 atom stereocenters. The van der Waals surface area contributed by atoms with Crippen molar-refractivity contribution in [2.24, 2.45) is 0 Å². The number of aliphatic hydroxyl groups is 1. The van der Waals surface area contributed by atoms with E-state index in [4.69, 9.17) is 10.8 Å². The quantitative estimate of drug-likeness (QED) is 0.734. The van der Waals surface area contributed by atoms with Gasteiger partial charge in [0.25, 0.3) is 6.43 Å². The third-order valence-electron chi connectivity index (χ3n) is 1.75. The lowest BCUT2D eigenvalue weighted by Gasteiger charge is -2.22. The summed E-state index contributed by atoms with van der Waals surface area (Å²) in [6.07, 6.45) is 0.0469. The van der Waals surface area contributed by atoms with Gasteiger partial charge in [-0.05, 0) is 0 Å². The van der Waals surface area contributed by atoms with Crippen molar-refractivity contribution in [3.63, 3.8) is 0 Å². The molecule has 0 saturated carbocycles. The molecule has 0 aliphatic carbocycles. The monoisotopic (exact) mass is 218 g/mol. The van der Waals surface area contributed by atoms with Gasteiger partial charge in [0, 0.05) is 6.54 Å². The van der Waals surface area contributed by atoms with Crippen molar-refractivity contribution >= 4 is 11.5 Å². The Morgan fingerprint density at radius 2 is 2.27 bits per heavy atom. The maximum absolute atomic E-state index is 12.2. The van der Waals surface area contributed by atoms with Crippen molar-refractivity contribution in [3.8, 4) is 0 Å². The first-order valence-corrected chi connectivity index (χ1v) is 4.34. The van der Waals surface area contributed by atoms with Crippen LogP contribution in [0, 0.1) is 0 Å². The lowest BCUT2D eigenvalue weighted by molar-refractivity contribution is 0.152.